The molecule has 6 heteroatoms. The summed E-state index contributed by atoms with van der Waals surface area (Å²) >= 11 is 13.6. The van der Waals surface area contributed by atoms with Crippen LogP contribution in [0.2, 0.25) is 10.0 Å². The molecular formula is C22H16Cl2N2OS. The van der Waals surface area contributed by atoms with Gasteiger partial charge in [0.2, 0.25) is 0 Å². The van der Waals surface area contributed by atoms with E-state index in [9.17, 15) is 4.79 Å². The minimum atomic E-state index is -0.0777. The van der Waals surface area contributed by atoms with Crippen molar-refractivity contribution in [2.45, 2.75) is 17.8 Å². The molecule has 0 N–H and O–H groups in total. The van der Waals surface area contributed by atoms with Gasteiger partial charge in [0.05, 0.1) is 26.6 Å². The van der Waals surface area contributed by atoms with Gasteiger partial charge in [0, 0.05) is 5.75 Å². The fraction of sp³-hybridized carbons (Fsp3) is 0.0909. The van der Waals surface area contributed by atoms with Crippen molar-refractivity contribution in [2.24, 2.45) is 0 Å². The number of rotatable bonds is 4. The molecule has 4 rings (SSSR count). The van der Waals surface area contributed by atoms with Gasteiger partial charge in [0.15, 0.2) is 5.16 Å². The topological polar surface area (TPSA) is 34.9 Å². The van der Waals surface area contributed by atoms with Crippen molar-refractivity contribution in [3.8, 4) is 5.69 Å². The number of fused-ring (bicyclic) bond motifs is 1. The maximum Gasteiger partial charge on any atom is 0.266 e. The molecule has 3 aromatic carbocycles. The summed E-state index contributed by atoms with van der Waals surface area (Å²) in [6, 6.07) is 20.8. The Kier molecular flexibility index (Phi) is 5.44. The molecule has 0 saturated carbocycles. The number of nitrogens with zero attached hydrogens (tertiary/aromatic N) is 2. The summed E-state index contributed by atoms with van der Waals surface area (Å²) < 4.78 is 1.67. The van der Waals surface area contributed by atoms with Crippen LogP contribution in [0.15, 0.2) is 76.7 Å². The molecule has 1 heterocycles. The summed E-state index contributed by atoms with van der Waals surface area (Å²) in [5.41, 5.74) is 3.55. The quantitative estimate of drug-likeness (QED) is 0.284. The molecule has 1 aromatic heterocycles. The molecule has 0 aliphatic carbocycles. The Morgan fingerprint density at radius 3 is 2.46 bits per heavy atom. The van der Waals surface area contributed by atoms with E-state index in [0.29, 0.717) is 31.9 Å². The average Bonchev–Trinajstić information content (AvgIpc) is 2.70. The third kappa shape index (κ3) is 3.81. The summed E-state index contributed by atoms with van der Waals surface area (Å²) in [4.78, 5) is 18.0. The Balaban J connectivity index is 1.81. The number of benzene rings is 3. The molecule has 0 unspecified atom stereocenters. The van der Waals surface area contributed by atoms with E-state index in [0.717, 1.165) is 16.8 Å². The lowest BCUT2D eigenvalue weighted by Crippen LogP contribution is -2.21. The first kappa shape index (κ1) is 19.1. The van der Waals surface area contributed by atoms with E-state index >= 15 is 0 Å². The molecule has 28 heavy (non-hydrogen) atoms. The average molecular weight is 427 g/mol. The lowest BCUT2D eigenvalue weighted by atomic mass is 10.2. The number of para-hydroxylation sites is 1. The van der Waals surface area contributed by atoms with Gasteiger partial charge in [-0.2, -0.15) is 0 Å². The molecule has 0 radical (unpaired) electrons. The van der Waals surface area contributed by atoms with Crippen molar-refractivity contribution in [3.05, 3.63) is 98.3 Å². The van der Waals surface area contributed by atoms with Crippen molar-refractivity contribution < 1.29 is 0 Å². The predicted molar refractivity (Wildman–Crippen MR) is 118 cm³/mol. The fourth-order valence-corrected chi connectivity index (χ4v) is 4.18. The first-order chi connectivity index (χ1) is 13.5. The molecule has 0 aliphatic heterocycles. The minimum absolute atomic E-state index is 0.0777. The normalized spacial score (nSPS) is 11.1. The fourth-order valence-electron chi connectivity index (χ4n) is 2.91. The molecule has 0 spiro atoms. The molecular weight excluding hydrogens is 411 g/mol. The second-order valence-corrected chi connectivity index (χ2v) is 8.18. The number of hydrogen-bond acceptors (Lipinski definition) is 3. The molecule has 0 aliphatic rings. The highest BCUT2D eigenvalue weighted by Gasteiger charge is 2.13. The second kappa shape index (κ2) is 8.00. The van der Waals surface area contributed by atoms with Crippen molar-refractivity contribution in [3.63, 3.8) is 0 Å². The highest BCUT2D eigenvalue weighted by atomic mass is 35.5. The zero-order valence-corrected chi connectivity index (χ0v) is 17.4. The smallest absolute Gasteiger partial charge is 0.266 e. The highest BCUT2D eigenvalue weighted by Crippen LogP contribution is 2.28. The van der Waals surface area contributed by atoms with E-state index in [-0.39, 0.29) is 5.56 Å². The number of thioether (sulfide) groups is 1. The first-order valence-corrected chi connectivity index (χ1v) is 10.4. The van der Waals surface area contributed by atoms with E-state index in [1.54, 1.807) is 10.6 Å². The van der Waals surface area contributed by atoms with E-state index in [4.69, 9.17) is 28.2 Å². The van der Waals surface area contributed by atoms with Crippen molar-refractivity contribution in [2.75, 3.05) is 0 Å². The summed E-state index contributed by atoms with van der Waals surface area (Å²) in [5, 5.41) is 2.28. The molecule has 0 saturated heterocycles. The summed E-state index contributed by atoms with van der Waals surface area (Å²) in [7, 11) is 0. The molecule has 0 fully saturated rings. The van der Waals surface area contributed by atoms with E-state index in [1.807, 2.05) is 67.6 Å². The van der Waals surface area contributed by atoms with E-state index in [2.05, 4.69) is 0 Å². The number of hydrogen-bond donors (Lipinski definition) is 0. The summed E-state index contributed by atoms with van der Waals surface area (Å²) in [5.74, 6) is 0.619. The number of aryl methyl sites for hydroxylation is 1. The van der Waals surface area contributed by atoms with Crippen LogP contribution in [0.5, 0.6) is 0 Å². The standard InChI is InChI=1S/C22H16Cl2N2OS/c1-14-6-9-16(10-7-14)26-21(27)17-4-2-3-5-20(17)25-22(26)28-13-15-8-11-18(23)19(24)12-15/h2-12H,13H2,1H3. The summed E-state index contributed by atoms with van der Waals surface area (Å²) in [6.07, 6.45) is 0. The minimum Gasteiger partial charge on any atom is -0.268 e. The van der Waals surface area contributed by atoms with Gasteiger partial charge in [-0.3, -0.25) is 9.36 Å². The van der Waals surface area contributed by atoms with Gasteiger partial charge in [-0.1, -0.05) is 70.9 Å². The number of aromatic nitrogens is 2. The molecule has 0 amide bonds. The maximum atomic E-state index is 13.2. The molecule has 3 nitrogen and oxygen atoms in total. The zero-order valence-electron chi connectivity index (χ0n) is 15.0. The van der Waals surface area contributed by atoms with Crippen LogP contribution >= 0.6 is 35.0 Å². The van der Waals surface area contributed by atoms with Gasteiger partial charge in [-0.25, -0.2) is 4.98 Å². The summed E-state index contributed by atoms with van der Waals surface area (Å²) in [6.45, 7) is 2.02. The Morgan fingerprint density at radius 1 is 0.964 bits per heavy atom. The van der Waals surface area contributed by atoms with Crippen molar-refractivity contribution in [1.29, 1.82) is 0 Å². The largest absolute Gasteiger partial charge is 0.268 e. The zero-order chi connectivity index (χ0) is 19.7. The van der Waals surface area contributed by atoms with Gasteiger partial charge < -0.3 is 0 Å². The van der Waals surface area contributed by atoms with Crippen LogP contribution in [0.1, 0.15) is 11.1 Å². The van der Waals surface area contributed by atoms with Gasteiger partial charge in [0.25, 0.3) is 5.56 Å². The molecule has 0 bridgehead atoms. The Hall–Kier alpha value is -2.27. The third-order valence-electron chi connectivity index (χ3n) is 4.39. The second-order valence-electron chi connectivity index (χ2n) is 6.42. The Labute approximate surface area is 176 Å². The lowest BCUT2D eigenvalue weighted by Gasteiger charge is -2.13. The molecule has 4 aromatic rings. The monoisotopic (exact) mass is 426 g/mol. The first-order valence-electron chi connectivity index (χ1n) is 8.68. The van der Waals surface area contributed by atoms with Crippen LogP contribution in [0, 0.1) is 6.92 Å². The predicted octanol–water partition coefficient (Wildman–Crippen LogP) is 6.29. The van der Waals surface area contributed by atoms with E-state index < -0.39 is 0 Å². The third-order valence-corrected chi connectivity index (χ3v) is 6.14. The van der Waals surface area contributed by atoms with Crippen molar-refractivity contribution in [1.82, 2.24) is 9.55 Å². The van der Waals surface area contributed by atoms with Gasteiger partial charge in [0.1, 0.15) is 0 Å². The van der Waals surface area contributed by atoms with E-state index in [1.165, 1.54) is 11.8 Å². The van der Waals surface area contributed by atoms with Crippen LogP contribution < -0.4 is 5.56 Å². The van der Waals surface area contributed by atoms with Crippen molar-refractivity contribution >= 4 is 45.9 Å². The van der Waals surface area contributed by atoms with Gasteiger partial charge in [-0.05, 0) is 48.9 Å². The SMILES string of the molecule is Cc1ccc(-n2c(SCc3ccc(Cl)c(Cl)c3)nc3ccccc3c2=O)cc1. The maximum absolute atomic E-state index is 13.2. The van der Waals surface area contributed by atoms with Crippen LogP contribution in [0.4, 0.5) is 0 Å². The molecule has 140 valence electrons. The number of halogens is 2. The Bertz CT molecular complexity index is 1220. The van der Waals surface area contributed by atoms with Crippen LogP contribution in [0.25, 0.3) is 16.6 Å². The van der Waals surface area contributed by atoms with Crippen LogP contribution in [0.3, 0.4) is 0 Å². The lowest BCUT2D eigenvalue weighted by molar-refractivity contribution is 0.819. The van der Waals surface area contributed by atoms with Crippen LogP contribution in [-0.2, 0) is 5.75 Å². The van der Waals surface area contributed by atoms with Gasteiger partial charge >= 0.3 is 0 Å². The Morgan fingerprint density at radius 2 is 1.71 bits per heavy atom. The van der Waals surface area contributed by atoms with Gasteiger partial charge in [-0.15, -0.1) is 0 Å². The highest BCUT2D eigenvalue weighted by molar-refractivity contribution is 7.98. The molecule has 0 atom stereocenters. The van der Waals surface area contributed by atoms with Crippen LogP contribution in [-0.4, -0.2) is 9.55 Å².